The SMILES string of the molecule is CCOCCC(=O)O.ON=C1CCCCC1Cl. The quantitative estimate of drug-likeness (QED) is 0.354. The summed E-state index contributed by atoms with van der Waals surface area (Å²) in [5, 5.41) is 19.5. The average molecular weight is 266 g/mol. The van der Waals surface area contributed by atoms with Crippen LogP contribution in [-0.4, -0.2) is 40.6 Å². The number of alkyl halides is 1. The number of aliphatic carboxylic acids is 1. The second-order valence-corrected chi connectivity index (χ2v) is 4.17. The Kier molecular flexibility index (Phi) is 9.86. The summed E-state index contributed by atoms with van der Waals surface area (Å²) in [6.45, 7) is 2.75. The molecule has 1 aliphatic carbocycles. The predicted octanol–water partition coefficient (Wildman–Crippen LogP) is 2.50. The van der Waals surface area contributed by atoms with Crippen molar-refractivity contribution < 1.29 is 19.8 Å². The highest BCUT2D eigenvalue weighted by molar-refractivity contribution is 6.32. The maximum absolute atomic E-state index is 9.79. The third-order valence-electron chi connectivity index (χ3n) is 2.29. The Morgan fingerprint density at radius 3 is 2.71 bits per heavy atom. The van der Waals surface area contributed by atoms with Gasteiger partial charge in [0.05, 0.1) is 24.1 Å². The lowest BCUT2D eigenvalue weighted by Crippen LogP contribution is -2.18. The average Bonchev–Trinajstić information content (AvgIpc) is 2.30. The van der Waals surface area contributed by atoms with Gasteiger partial charge < -0.3 is 15.1 Å². The second kappa shape index (κ2) is 10.4. The van der Waals surface area contributed by atoms with Crippen molar-refractivity contribution in [3.8, 4) is 0 Å². The molecule has 1 saturated carbocycles. The lowest BCUT2D eigenvalue weighted by molar-refractivity contribution is -0.138. The van der Waals surface area contributed by atoms with Crippen LogP contribution in [0.4, 0.5) is 0 Å². The number of halogens is 1. The number of hydrogen-bond acceptors (Lipinski definition) is 4. The topological polar surface area (TPSA) is 79.1 Å². The maximum Gasteiger partial charge on any atom is 0.305 e. The highest BCUT2D eigenvalue weighted by Gasteiger charge is 2.17. The molecule has 1 fully saturated rings. The van der Waals surface area contributed by atoms with Gasteiger partial charge in [0.25, 0.3) is 0 Å². The first-order valence-corrected chi connectivity index (χ1v) is 6.19. The zero-order valence-corrected chi connectivity index (χ0v) is 10.8. The Balaban J connectivity index is 0.000000304. The van der Waals surface area contributed by atoms with Gasteiger partial charge in [-0.3, -0.25) is 4.79 Å². The number of carboxylic acids is 1. The molecule has 0 bridgehead atoms. The van der Waals surface area contributed by atoms with Crippen molar-refractivity contribution in [2.75, 3.05) is 13.2 Å². The molecule has 0 saturated heterocycles. The Morgan fingerprint density at radius 2 is 2.29 bits per heavy atom. The van der Waals surface area contributed by atoms with Gasteiger partial charge in [-0.1, -0.05) is 11.6 Å². The highest BCUT2D eigenvalue weighted by Crippen LogP contribution is 2.19. The van der Waals surface area contributed by atoms with Gasteiger partial charge in [0, 0.05) is 6.61 Å². The largest absolute Gasteiger partial charge is 0.481 e. The molecule has 5 nitrogen and oxygen atoms in total. The molecule has 6 heteroatoms. The van der Waals surface area contributed by atoms with E-state index in [1.165, 1.54) is 0 Å². The number of ether oxygens (including phenoxy) is 1. The van der Waals surface area contributed by atoms with Crippen LogP contribution in [0.15, 0.2) is 5.16 Å². The molecule has 0 radical (unpaired) electrons. The molecule has 0 heterocycles. The molecule has 1 rings (SSSR count). The summed E-state index contributed by atoms with van der Waals surface area (Å²) in [4.78, 5) is 9.79. The molecule has 17 heavy (non-hydrogen) atoms. The minimum absolute atomic E-state index is 0.0104. The molecule has 2 N–H and O–H groups in total. The van der Waals surface area contributed by atoms with E-state index in [9.17, 15) is 4.79 Å². The van der Waals surface area contributed by atoms with E-state index >= 15 is 0 Å². The van der Waals surface area contributed by atoms with Crippen molar-refractivity contribution in [3.05, 3.63) is 0 Å². The number of nitrogens with zero attached hydrogens (tertiary/aromatic N) is 1. The van der Waals surface area contributed by atoms with Crippen molar-refractivity contribution in [2.45, 2.75) is 44.4 Å². The van der Waals surface area contributed by atoms with Gasteiger partial charge in [-0.2, -0.15) is 0 Å². The van der Waals surface area contributed by atoms with Crippen molar-refractivity contribution in [1.82, 2.24) is 0 Å². The van der Waals surface area contributed by atoms with Gasteiger partial charge in [0.15, 0.2) is 0 Å². The van der Waals surface area contributed by atoms with Crippen LogP contribution < -0.4 is 0 Å². The second-order valence-electron chi connectivity index (χ2n) is 3.65. The lowest BCUT2D eigenvalue weighted by Gasteiger charge is -2.15. The molecule has 1 atom stereocenters. The summed E-state index contributed by atoms with van der Waals surface area (Å²) in [6.07, 6.45) is 4.20. The fourth-order valence-corrected chi connectivity index (χ4v) is 1.68. The van der Waals surface area contributed by atoms with Crippen LogP contribution >= 0.6 is 11.6 Å². The van der Waals surface area contributed by atoms with E-state index in [2.05, 4.69) is 5.16 Å². The van der Waals surface area contributed by atoms with Crippen LogP contribution in [0.25, 0.3) is 0 Å². The van der Waals surface area contributed by atoms with E-state index in [-0.39, 0.29) is 11.8 Å². The highest BCUT2D eigenvalue weighted by atomic mass is 35.5. The van der Waals surface area contributed by atoms with Crippen LogP contribution in [0.5, 0.6) is 0 Å². The van der Waals surface area contributed by atoms with Crippen LogP contribution in [-0.2, 0) is 9.53 Å². The molecule has 0 amide bonds. The first-order valence-electron chi connectivity index (χ1n) is 5.76. The molecular formula is C11H20ClNO4. The molecule has 1 aliphatic rings. The molecule has 0 aliphatic heterocycles. The summed E-state index contributed by atoms with van der Waals surface area (Å²) in [5.41, 5.74) is 0.753. The lowest BCUT2D eigenvalue weighted by atomic mass is 9.98. The van der Waals surface area contributed by atoms with Crippen molar-refractivity contribution >= 4 is 23.3 Å². The van der Waals surface area contributed by atoms with Crippen molar-refractivity contribution in [1.29, 1.82) is 0 Å². The van der Waals surface area contributed by atoms with E-state index in [0.29, 0.717) is 13.2 Å². The molecule has 0 spiro atoms. The van der Waals surface area contributed by atoms with Gasteiger partial charge in [-0.15, -0.1) is 11.6 Å². The fraction of sp³-hybridized carbons (Fsp3) is 0.818. The van der Waals surface area contributed by atoms with Gasteiger partial charge in [-0.25, -0.2) is 0 Å². The Hall–Kier alpha value is -0.810. The van der Waals surface area contributed by atoms with Gasteiger partial charge in [-0.05, 0) is 26.2 Å². The smallest absolute Gasteiger partial charge is 0.305 e. The molecule has 0 aromatic rings. The van der Waals surface area contributed by atoms with E-state index in [1.54, 1.807) is 0 Å². The Labute approximate surface area is 106 Å². The molecule has 1 unspecified atom stereocenters. The molecule has 100 valence electrons. The number of hydrogen-bond donors (Lipinski definition) is 2. The van der Waals surface area contributed by atoms with Crippen molar-refractivity contribution in [2.24, 2.45) is 5.16 Å². The summed E-state index contributed by atoms with van der Waals surface area (Å²) >= 11 is 5.79. The molecular weight excluding hydrogens is 246 g/mol. The van der Waals surface area contributed by atoms with E-state index in [1.807, 2.05) is 6.92 Å². The van der Waals surface area contributed by atoms with Crippen LogP contribution in [0.2, 0.25) is 0 Å². The predicted molar refractivity (Wildman–Crippen MR) is 66.1 cm³/mol. The molecule has 0 aromatic heterocycles. The Bertz CT molecular complexity index is 246. The summed E-state index contributed by atoms with van der Waals surface area (Å²) in [6, 6.07) is 0. The maximum atomic E-state index is 9.79. The summed E-state index contributed by atoms with van der Waals surface area (Å²) < 4.78 is 4.76. The minimum atomic E-state index is -0.807. The first kappa shape index (κ1) is 16.2. The van der Waals surface area contributed by atoms with Gasteiger partial charge >= 0.3 is 5.97 Å². The van der Waals surface area contributed by atoms with E-state index < -0.39 is 5.97 Å². The monoisotopic (exact) mass is 265 g/mol. The van der Waals surface area contributed by atoms with Crippen LogP contribution in [0.1, 0.15) is 39.0 Å². The van der Waals surface area contributed by atoms with Gasteiger partial charge in [0.1, 0.15) is 0 Å². The fourth-order valence-electron chi connectivity index (χ4n) is 1.37. The number of oxime groups is 1. The zero-order chi connectivity index (χ0) is 13.1. The van der Waals surface area contributed by atoms with Crippen LogP contribution in [0.3, 0.4) is 0 Å². The first-order chi connectivity index (χ1) is 8.11. The normalized spacial score (nSPS) is 21.8. The van der Waals surface area contributed by atoms with Crippen molar-refractivity contribution in [3.63, 3.8) is 0 Å². The van der Waals surface area contributed by atoms with Gasteiger partial charge in [0.2, 0.25) is 0 Å². The third-order valence-corrected chi connectivity index (χ3v) is 2.77. The zero-order valence-electron chi connectivity index (χ0n) is 10.1. The third kappa shape index (κ3) is 8.94. The van der Waals surface area contributed by atoms with Crippen LogP contribution in [0, 0.1) is 0 Å². The summed E-state index contributed by atoms with van der Waals surface area (Å²) in [5.74, 6) is -0.807. The Morgan fingerprint density at radius 1 is 1.59 bits per heavy atom. The minimum Gasteiger partial charge on any atom is -0.481 e. The van der Waals surface area contributed by atoms with E-state index in [0.717, 1.165) is 31.4 Å². The molecule has 0 aromatic carbocycles. The number of carboxylic acid groups (broad SMARTS) is 1. The van der Waals surface area contributed by atoms with E-state index in [4.69, 9.17) is 26.7 Å². The standard InChI is InChI=1S/C6H10ClNO.C5H10O3/c7-5-3-1-2-4-6(5)8-9;1-2-8-4-3-5(6)7/h5,9H,1-4H2;2-4H2,1H3,(H,6,7). The number of rotatable bonds is 4. The number of carbonyl (C=O) groups is 1. The summed E-state index contributed by atoms with van der Waals surface area (Å²) in [7, 11) is 0.